The molecule has 0 atom stereocenters. The number of ketones is 1. The predicted octanol–water partition coefficient (Wildman–Crippen LogP) is 2.97. The molecule has 0 aliphatic carbocycles. The van der Waals surface area contributed by atoms with E-state index in [0.29, 0.717) is 11.1 Å². The van der Waals surface area contributed by atoms with Gasteiger partial charge in [-0.3, -0.25) is 9.59 Å². The average Bonchev–Trinajstić information content (AvgIpc) is 2.67. The van der Waals surface area contributed by atoms with E-state index in [2.05, 4.69) is 4.74 Å². The predicted molar refractivity (Wildman–Crippen MR) is 98.2 cm³/mol. The normalized spacial score (nSPS) is 16.1. The summed E-state index contributed by atoms with van der Waals surface area (Å²) in [6.07, 6.45) is -0.207. The lowest BCUT2D eigenvalue weighted by molar-refractivity contribution is -0.121. The maximum absolute atomic E-state index is 14.3. The van der Waals surface area contributed by atoms with Crippen molar-refractivity contribution < 1.29 is 37.0 Å². The quantitative estimate of drug-likeness (QED) is 0.718. The van der Waals surface area contributed by atoms with E-state index < -0.39 is 18.3 Å². The Morgan fingerprint density at radius 1 is 1.23 bits per heavy atom. The number of carbonyl (C=O) groups is 2. The van der Waals surface area contributed by atoms with Gasteiger partial charge in [-0.15, -0.1) is 0 Å². The SMILES string of the molecule is O=C1COc2cc(F)c(C(=O)N3CC(OCc4ccccc4OC(F)F)C3)cc2C1. The van der Waals surface area contributed by atoms with E-state index in [1.807, 2.05) is 0 Å². The molecule has 30 heavy (non-hydrogen) atoms. The minimum Gasteiger partial charge on any atom is -0.485 e. The van der Waals surface area contributed by atoms with E-state index in [-0.39, 0.29) is 61.7 Å². The summed E-state index contributed by atoms with van der Waals surface area (Å²) in [4.78, 5) is 25.6. The van der Waals surface area contributed by atoms with Crippen LogP contribution in [0.3, 0.4) is 0 Å². The van der Waals surface area contributed by atoms with Crippen molar-refractivity contribution in [2.45, 2.75) is 25.7 Å². The highest BCUT2D eigenvalue weighted by Gasteiger charge is 2.34. The molecule has 0 unspecified atom stereocenters. The van der Waals surface area contributed by atoms with Crippen LogP contribution in [0.5, 0.6) is 11.5 Å². The summed E-state index contributed by atoms with van der Waals surface area (Å²) in [5.41, 5.74) is 0.828. The molecule has 2 aliphatic heterocycles. The fraction of sp³-hybridized carbons (Fsp3) is 0.333. The molecule has 2 aromatic rings. The lowest BCUT2D eigenvalue weighted by atomic mass is 10.0. The lowest BCUT2D eigenvalue weighted by Crippen LogP contribution is -2.54. The lowest BCUT2D eigenvalue weighted by Gasteiger charge is -2.39. The summed E-state index contributed by atoms with van der Waals surface area (Å²) in [5.74, 6) is -1.04. The number of Topliss-reactive ketones (excluding diaryl/α,β-unsaturated/α-hetero) is 1. The Hall–Kier alpha value is -3.07. The zero-order valence-corrected chi connectivity index (χ0v) is 15.8. The highest BCUT2D eigenvalue weighted by Crippen LogP contribution is 2.29. The minimum atomic E-state index is -2.94. The van der Waals surface area contributed by atoms with E-state index in [9.17, 15) is 22.8 Å². The monoisotopic (exact) mass is 421 g/mol. The molecule has 1 amide bonds. The number of amides is 1. The summed E-state index contributed by atoms with van der Waals surface area (Å²) >= 11 is 0. The fourth-order valence-electron chi connectivity index (χ4n) is 3.38. The van der Waals surface area contributed by atoms with Gasteiger partial charge < -0.3 is 19.1 Å². The molecule has 0 aromatic heterocycles. The zero-order chi connectivity index (χ0) is 21.3. The van der Waals surface area contributed by atoms with Crippen LogP contribution in [0.25, 0.3) is 0 Å². The first-order valence-electron chi connectivity index (χ1n) is 9.31. The van der Waals surface area contributed by atoms with Crippen LogP contribution in [0.15, 0.2) is 36.4 Å². The van der Waals surface area contributed by atoms with Crippen molar-refractivity contribution in [3.05, 3.63) is 58.9 Å². The third kappa shape index (κ3) is 4.25. The maximum Gasteiger partial charge on any atom is 0.387 e. The summed E-state index contributed by atoms with van der Waals surface area (Å²) in [7, 11) is 0. The molecule has 2 heterocycles. The van der Waals surface area contributed by atoms with Gasteiger partial charge in [0.25, 0.3) is 5.91 Å². The third-order valence-electron chi connectivity index (χ3n) is 4.96. The Balaban J connectivity index is 1.35. The van der Waals surface area contributed by atoms with Gasteiger partial charge in [-0.1, -0.05) is 18.2 Å². The number of fused-ring (bicyclic) bond motifs is 1. The van der Waals surface area contributed by atoms with Crippen molar-refractivity contribution in [2.24, 2.45) is 0 Å². The van der Waals surface area contributed by atoms with Crippen molar-refractivity contribution in [3.8, 4) is 11.5 Å². The molecule has 4 rings (SSSR count). The van der Waals surface area contributed by atoms with Crippen molar-refractivity contribution in [3.63, 3.8) is 0 Å². The molecule has 0 spiro atoms. The summed E-state index contributed by atoms with van der Waals surface area (Å²) in [6, 6.07) is 8.79. The van der Waals surface area contributed by atoms with Crippen molar-refractivity contribution in [1.29, 1.82) is 0 Å². The molecule has 0 saturated carbocycles. The fourth-order valence-corrected chi connectivity index (χ4v) is 3.38. The number of para-hydroxylation sites is 1. The molecule has 1 saturated heterocycles. The van der Waals surface area contributed by atoms with Gasteiger partial charge in [0, 0.05) is 36.7 Å². The number of hydrogen-bond acceptors (Lipinski definition) is 5. The number of ether oxygens (including phenoxy) is 3. The number of nitrogens with zero attached hydrogens (tertiary/aromatic N) is 1. The van der Waals surface area contributed by atoms with Crippen LogP contribution in [0.4, 0.5) is 13.2 Å². The molecule has 6 nitrogen and oxygen atoms in total. The number of benzene rings is 2. The van der Waals surface area contributed by atoms with Crippen molar-refractivity contribution >= 4 is 11.7 Å². The zero-order valence-electron chi connectivity index (χ0n) is 15.8. The highest BCUT2D eigenvalue weighted by atomic mass is 19.3. The largest absolute Gasteiger partial charge is 0.485 e. The second kappa shape index (κ2) is 8.35. The summed E-state index contributed by atoms with van der Waals surface area (Å²) < 4.78 is 54.6. The Kier molecular flexibility index (Phi) is 5.63. The second-order valence-corrected chi connectivity index (χ2v) is 7.07. The smallest absolute Gasteiger partial charge is 0.387 e. The second-order valence-electron chi connectivity index (χ2n) is 7.07. The first-order chi connectivity index (χ1) is 14.4. The molecule has 158 valence electrons. The standard InChI is InChI=1S/C21H18F3NO5/c22-17-7-19-13(5-14(26)11-29-19)6-16(17)20(27)25-8-15(9-25)28-10-12-3-1-2-4-18(12)30-21(23)24/h1-4,6-7,15,21H,5,8-11H2. The van der Waals surface area contributed by atoms with E-state index in [1.165, 1.54) is 17.0 Å². The van der Waals surface area contributed by atoms with Gasteiger partial charge in [0.1, 0.15) is 23.9 Å². The molecule has 0 bridgehead atoms. The van der Waals surface area contributed by atoms with E-state index >= 15 is 0 Å². The summed E-state index contributed by atoms with van der Waals surface area (Å²) in [6.45, 7) is -2.51. The van der Waals surface area contributed by atoms with Crippen LogP contribution >= 0.6 is 0 Å². The third-order valence-corrected chi connectivity index (χ3v) is 4.96. The Labute approximate surface area is 170 Å². The van der Waals surface area contributed by atoms with Crippen LogP contribution in [0.2, 0.25) is 0 Å². The summed E-state index contributed by atoms with van der Waals surface area (Å²) in [5, 5.41) is 0. The Morgan fingerprint density at radius 2 is 2.00 bits per heavy atom. The van der Waals surface area contributed by atoms with Crippen molar-refractivity contribution in [1.82, 2.24) is 4.90 Å². The number of halogens is 3. The maximum atomic E-state index is 14.3. The van der Waals surface area contributed by atoms with Crippen LogP contribution in [-0.4, -0.2) is 49.0 Å². The van der Waals surface area contributed by atoms with Crippen LogP contribution < -0.4 is 9.47 Å². The molecule has 9 heteroatoms. The van der Waals surface area contributed by atoms with Crippen LogP contribution in [0.1, 0.15) is 21.5 Å². The van der Waals surface area contributed by atoms with E-state index in [1.54, 1.807) is 18.2 Å². The van der Waals surface area contributed by atoms with E-state index in [4.69, 9.17) is 9.47 Å². The number of likely N-dealkylation sites (tertiary alicyclic amines) is 1. The van der Waals surface area contributed by atoms with Gasteiger partial charge in [0.15, 0.2) is 5.78 Å². The molecular formula is C21H18F3NO5. The number of carbonyl (C=O) groups excluding carboxylic acids is 2. The van der Waals surface area contributed by atoms with Gasteiger partial charge in [-0.2, -0.15) is 8.78 Å². The Morgan fingerprint density at radius 3 is 2.77 bits per heavy atom. The number of rotatable bonds is 6. The molecule has 1 fully saturated rings. The topological polar surface area (TPSA) is 65.1 Å². The van der Waals surface area contributed by atoms with Gasteiger partial charge in [-0.25, -0.2) is 4.39 Å². The van der Waals surface area contributed by atoms with Crippen LogP contribution in [-0.2, 0) is 22.6 Å². The van der Waals surface area contributed by atoms with E-state index in [0.717, 1.165) is 6.07 Å². The van der Waals surface area contributed by atoms with Crippen molar-refractivity contribution in [2.75, 3.05) is 19.7 Å². The van der Waals surface area contributed by atoms with Gasteiger partial charge >= 0.3 is 6.61 Å². The van der Waals surface area contributed by atoms with Gasteiger partial charge in [0.05, 0.1) is 18.3 Å². The highest BCUT2D eigenvalue weighted by molar-refractivity contribution is 5.96. The first-order valence-corrected chi connectivity index (χ1v) is 9.31. The molecular weight excluding hydrogens is 403 g/mol. The molecule has 0 radical (unpaired) electrons. The molecule has 0 N–H and O–H groups in total. The van der Waals surface area contributed by atoms with Gasteiger partial charge in [0.2, 0.25) is 0 Å². The molecule has 2 aromatic carbocycles. The van der Waals surface area contributed by atoms with Crippen LogP contribution in [0, 0.1) is 5.82 Å². The first kappa shape index (κ1) is 20.2. The van der Waals surface area contributed by atoms with Gasteiger partial charge in [-0.05, 0) is 12.1 Å². The number of hydrogen-bond donors (Lipinski definition) is 0. The number of alkyl halides is 2. The Bertz CT molecular complexity index is 975. The minimum absolute atomic E-state index is 0.0349. The molecule has 2 aliphatic rings. The average molecular weight is 421 g/mol.